The number of nitrogen functional groups attached to an aromatic ring is 1. The molecule has 1 amide bonds. The smallest absolute Gasteiger partial charge is 0.268 e. The summed E-state index contributed by atoms with van der Waals surface area (Å²) in [5.41, 5.74) is 8.75. The number of halogens is 1. The van der Waals surface area contributed by atoms with Crippen LogP contribution in [0.1, 0.15) is 9.67 Å². The number of anilines is 2. The van der Waals surface area contributed by atoms with Gasteiger partial charge in [-0.2, -0.15) is 0 Å². The van der Waals surface area contributed by atoms with E-state index in [0.29, 0.717) is 31.9 Å². The van der Waals surface area contributed by atoms with Gasteiger partial charge in [-0.3, -0.25) is 9.78 Å². The summed E-state index contributed by atoms with van der Waals surface area (Å²) in [7, 11) is 1.52. The number of nitrogens with zero attached hydrogens (tertiary/aromatic N) is 2. The molecule has 0 atom stereocenters. The SMILES string of the molecule is COc1ccc(Cl)cc1NC(=O)c1sc2nc(-c3cccnc3)ccc2c1N. The van der Waals surface area contributed by atoms with Crippen molar-refractivity contribution in [2.75, 3.05) is 18.2 Å². The average Bonchev–Trinajstić information content (AvgIpc) is 3.05. The molecule has 1 aromatic carbocycles. The number of amides is 1. The fourth-order valence-corrected chi connectivity index (χ4v) is 3.96. The molecule has 0 saturated heterocycles. The third kappa shape index (κ3) is 3.37. The summed E-state index contributed by atoms with van der Waals surface area (Å²) in [6.07, 6.45) is 3.45. The van der Waals surface area contributed by atoms with E-state index in [1.165, 1.54) is 18.4 Å². The number of ether oxygens (including phenoxy) is 1. The Hall–Kier alpha value is -3.16. The number of carbonyl (C=O) groups excluding carboxylic acids is 1. The van der Waals surface area contributed by atoms with Crippen molar-refractivity contribution in [3.05, 3.63) is 64.8 Å². The zero-order valence-electron chi connectivity index (χ0n) is 14.8. The molecule has 0 fully saturated rings. The number of pyridine rings is 2. The summed E-state index contributed by atoms with van der Waals surface area (Å²) >= 11 is 7.27. The molecular weight excluding hydrogens is 396 g/mol. The number of rotatable bonds is 4. The van der Waals surface area contributed by atoms with Crippen molar-refractivity contribution in [1.29, 1.82) is 0 Å². The van der Waals surface area contributed by atoms with Gasteiger partial charge in [-0.25, -0.2) is 4.98 Å². The molecule has 0 aliphatic carbocycles. The Labute approximate surface area is 170 Å². The van der Waals surface area contributed by atoms with E-state index in [1.807, 2.05) is 24.3 Å². The molecule has 140 valence electrons. The lowest BCUT2D eigenvalue weighted by Crippen LogP contribution is -2.12. The summed E-state index contributed by atoms with van der Waals surface area (Å²) in [6.45, 7) is 0. The number of hydrogen-bond donors (Lipinski definition) is 2. The normalized spacial score (nSPS) is 10.8. The quantitative estimate of drug-likeness (QED) is 0.501. The molecule has 0 aliphatic rings. The molecule has 0 bridgehead atoms. The predicted octanol–water partition coefficient (Wildman–Crippen LogP) is 4.85. The molecule has 4 rings (SSSR count). The molecular formula is C20H15ClN4O2S. The highest BCUT2D eigenvalue weighted by molar-refractivity contribution is 7.21. The first-order chi connectivity index (χ1) is 13.6. The van der Waals surface area contributed by atoms with Gasteiger partial charge in [0.15, 0.2) is 0 Å². The average molecular weight is 411 g/mol. The summed E-state index contributed by atoms with van der Waals surface area (Å²) in [5, 5.41) is 4.04. The van der Waals surface area contributed by atoms with Crippen LogP contribution in [0, 0.1) is 0 Å². The molecule has 0 saturated carbocycles. The highest BCUT2D eigenvalue weighted by Crippen LogP contribution is 2.35. The van der Waals surface area contributed by atoms with E-state index < -0.39 is 0 Å². The standard InChI is InChI=1S/C20H15ClN4O2S/c1-27-16-7-4-12(21)9-15(16)24-19(26)18-17(22)13-5-6-14(25-20(13)28-18)11-3-2-8-23-10-11/h2-10H,22H2,1H3,(H,24,26). The molecule has 4 aromatic rings. The number of aromatic nitrogens is 2. The number of carbonyl (C=O) groups is 1. The van der Waals surface area contributed by atoms with Gasteiger partial charge < -0.3 is 15.8 Å². The second kappa shape index (κ2) is 7.46. The predicted molar refractivity (Wildman–Crippen MR) is 113 cm³/mol. The van der Waals surface area contributed by atoms with Crippen molar-refractivity contribution in [2.45, 2.75) is 0 Å². The lowest BCUT2D eigenvalue weighted by atomic mass is 10.1. The van der Waals surface area contributed by atoms with Gasteiger partial charge in [0.25, 0.3) is 5.91 Å². The van der Waals surface area contributed by atoms with E-state index >= 15 is 0 Å². The van der Waals surface area contributed by atoms with Crippen molar-refractivity contribution >= 4 is 50.4 Å². The van der Waals surface area contributed by atoms with Crippen molar-refractivity contribution in [1.82, 2.24) is 9.97 Å². The third-order valence-electron chi connectivity index (χ3n) is 4.17. The summed E-state index contributed by atoms with van der Waals surface area (Å²) in [4.78, 5) is 22.6. The highest BCUT2D eigenvalue weighted by atomic mass is 35.5. The molecule has 0 unspecified atom stereocenters. The van der Waals surface area contributed by atoms with Gasteiger partial charge in [-0.05, 0) is 42.5 Å². The first-order valence-electron chi connectivity index (χ1n) is 8.31. The van der Waals surface area contributed by atoms with E-state index in [-0.39, 0.29) is 5.91 Å². The number of methoxy groups -OCH3 is 1. The monoisotopic (exact) mass is 410 g/mol. The van der Waals surface area contributed by atoms with Gasteiger partial charge in [0.2, 0.25) is 0 Å². The van der Waals surface area contributed by atoms with Crippen LogP contribution in [0.4, 0.5) is 11.4 Å². The Morgan fingerprint density at radius 2 is 2.11 bits per heavy atom. The number of nitrogens with two attached hydrogens (primary N) is 1. The van der Waals surface area contributed by atoms with Crippen molar-refractivity contribution in [3.63, 3.8) is 0 Å². The van der Waals surface area contributed by atoms with Crippen LogP contribution < -0.4 is 15.8 Å². The van der Waals surface area contributed by atoms with E-state index in [4.69, 9.17) is 22.1 Å². The molecule has 0 radical (unpaired) electrons. The van der Waals surface area contributed by atoms with Gasteiger partial charge in [0.1, 0.15) is 15.5 Å². The lowest BCUT2D eigenvalue weighted by Gasteiger charge is -2.10. The second-order valence-corrected chi connectivity index (χ2v) is 7.37. The zero-order chi connectivity index (χ0) is 19.7. The van der Waals surface area contributed by atoms with Gasteiger partial charge in [0.05, 0.1) is 24.2 Å². The highest BCUT2D eigenvalue weighted by Gasteiger charge is 2.19. The van der Waals surface area contributed by atoms with Crippen LogP contribution in [-0.4, -0.2) is 23.0 Å². The minimum Gasteiger partial charge on any atom is -0.495 e. The Kier molecular flexibility index (Phi) is 4.85. The van der Waals surface area contributed by atoms with Crippen LogP contribution in [0.2, 0.25) is 5.02 Å². The summed E-state index contributed by atoms with van der Waals surface area (Å²) in [5.74, 6) is 0.165. The van der Waals surface area contributed by atoms with Crippen LogP contribution in [0.25, 0.3) is 21.5 Å². The Balaban J connectivity index is 1.70. The molecule has 3 N–H and O–H groups in total. The maximum atomic E-state index is 12.8. The molecule has 28 heavy (non-hydrogen) atoms. The van der Waals surface area contributed by atoms with Gasteiger partial charge in [-0.1, -0.05) is 11.6 Å². The van der Waals surface area contributed by atoms with Gasteiger partial charge >= 0.3 is 0 Å². The maximum absolute atomic E-state index is 12.8. The van der Waals surface area contributed by atoms with Crippen LogP contribution in [0.3, 0.4) is 0 Å². The topological polar surface area (TPSA) is 90.1 Å². The Bertz CT molecular complexity index is 1180. The van der Waals surface area contributed by atoms with E-state index in [2.05, 4.69) is 15.3 Å². The number of nitrogens with one attached hydrogen (secondary N) is 1. The van der Waals surface area contributed by atoms with Crippen molar-refractivity contribution in [3.8, 4) is 17.0 Å². The first kappa shape index (κ1) is 18.2. The van der Waals surface area contributed by atoms with Crippen LogP contribution in [0.5, 0.6) is 5.75 Å². The van der Waals surface area contributed by atoms with Crippen molar-refractivity contribution < 1.29 is 9.53 Å². The van der Waals surface area contributed by atoms with E-state index in [1.54, 1.807) is 30.6 Å². The van der Waals surface area contributed by atoms with Gasteiger partial charge in [-0.15, -0.1) is 11.3 Å². The van der Waals surface area contributed by atoms with Crippen LogP contribution in [0.15, 0.2) is 54.9 Å². The third-order valence-corrected chi connectivity index (χ3v) is 5.52. The fraction of sp³-hybridized carbons (Fsp3) is 0.0500. The van der Waals surface area contributed by atoms with Gasteiger partial charge in [0, 0.05) is 28.4 Å². The molecule has 0 spiro atoms. The summed E-state index contributed by atoms with van der Waals surface area (Å²) < 4.78 is 5.27. The molecule has 0 aliphatic heterocycles. The Morgan fingerprint density at radius 3 is 2.86 bits per heavy atom. The molecule has 6 nitrogen and oxygen atoms in total. The minimum atomic E-state index is -0.344. The number of thiophene rings is 1. The molecule has 8 heteroatoms. The van der Waals surface area contributed by atoms with E-state index in [0.717, 1.165) is 16.6 Å². The number of benzene rings is 1. The second-order valence-electron chi connectivity index (χ2n) is 5.93. The fourth-order valence-electron chi connectivity index (χ4n) is 2.80. The number of fused-ring (bicyclic) bond motifs is 1. The van der Waals surface area contributed by atoms with E-state index in [9.17, 15) is 4.79 Å². The zero-order valence-corrected chi connectivity index (χ0v) is 16.3. The largest absolute Gasteiger partial charge is 0.495 e. The van der Waals surface area contributed by atoms with Crippen LogP contribution in [-0.2, 0) is 0 Å². The number of hydrogen-bond acceptors (Lipinski definition) is 6. The molecule has 3 heterocycles. The lowest BCUT2D eigenvalue weighted by molar-refractivity contribution is 0.103. The summed E-state index contributed by atoms with van der Waals surface area (Å²) in [6, 6.07) is 12.5. The maximum Gasteiger partial charge on any atom is 0.268 e. The first-order valence-corrected chi connectivity index (χ1v) is 9.50. The van der Waals surface area contributed by atoms with Crippen LogP contribution >= 0.6 is 22.9 Å². The Morgan fingerprint density at radius 1 is 1.25 bits per heavy atom. The van der Waals surface area contributed by atoms with Crippen molar-refractivity contribution in [2.24, 2.45) is 0 Å². The molecule has 3 aromatic heterocycles. The minimum absolute atomic E-state index is 0.344.